The molecule has 27 heavy (non-hydrogen) atoms. The Bertz CT molecular complexity index is 829. The lowest BCUT2D eigenvalue weighted by Gasteiger charge is -2.16. The highest BCUT2D eigenvalue weighted by molar-refractivity contribution is 7.29. The standard InChI is InChI=1S/C18H22N4OS2.2ClH/c1-3-22(4-2)18-21-17-15(25-18)11-14(24-17)16(23)20-10-9-12-5-7-13(19)8-6-12;;/h5-8,11H,3-4,9-10,19H2,1-2H3,(H,20,23);2*1H. The van der Waals surface area contributed by atoms with Crippen molar-refractivity contribution in [1.29, 1.82) is 0 Å². The van der Waals surface area contributed by atoms with Crippen molar-refractivity contribution in [2.75, 3.05) is 30.3 Å². The van der Waals surface area contributed by atoms with Crippen molar-refractivity contribution in [2.45, 2.75) is 20.3 Å². The third-order valence-corrected chi connectivity index (χ3v) is 6.23. The van der Waals surface area contributed by atoms with E-state index in [4.69, 9.17) is 5.73 Å². The second kappa shape index (κ2) is 10.7. The summed E-state index contributed by atoms with van der Waals surface area (Å²) in [5.74, 6) is -0.0324. The monoisotopic (exact) mass is 446 g/mol. The van der Waals surface area contributed by atoms with Crippen LogP contribution in [0.25, 0.3) is 9.53 Å². The Morgan fingerprint density at radius 3 is 2.41 bits per heavy atom. The molecule has 0 spiro atoms. The van der Waals surface area contributed by atoms with Crippen LogP contribution in [0.1, 0.15) is 29.1 Å². The van der Waals surface area contributed by atoms with Crippen molar-refractivity contribution in [3.05, 3.63) is 40.8 Å². The normalized spacial score (nSPS) is 10.1. The van der Waals surface area contributed by atoms with Gasteiger partial charge in [-0.05, 0) is 44.0 Å². The highest BCUT2D eigenvalue weighted by Crippen LogP contribution is 2.34. The van der Waals surface area contributed by atoms with Gasteiger partial charge in [0.05, 0.1) is 9.58 Å². The Hall–Kier alpha value is -1.54. The smallest absolute Gasteiger partial charge is 0.261 e. The van der Waals surface area contributed by atoms with E-state index in [0.717, 1.165) is 50.3 Å². The maximum atomic E-state index is 12.3. The van der Waals surface area contributed by atoms with Crippen molar-refractivity contribution < 1.29 is 4.79 Å². The van der Waals surface area contributed by atoms with Crippen LogP contribution in [0.5, 0.6) is 0 Å². The fourth-order valence-electron chi connectivity index (χ4n) is 2.56. The average molecular weight is 447 g/mol. The molecule has 0 aliphatic heterocycles. The molecule has 1 aromatic carbocycles. The molecule has 0 fully saturated rings. The molecule has 0 saturated carbocycles. The number of fused-ring (bicyclic) bond motifs is 1. The first-order valence-electron chi connectivity index (χ1n) is 8.38. The van der Waals surface area contributed by atoms with Crippen LogP contribution in [-0.4, -0.2) is 30.5 Å². The van der Waals surface area contributed by atoms with Crippen LogP contribution in [0, 0.1) is 0 Å². The molecule has 0 unspecified atom stereocenters. The number of nitrogens with two attached hydrogens (primary N) is 1. The molecule has 1 amide bonds. The lowest BCUT2D eigenvalue weighted by molar-refractivity contribution is 0.0958. The zero-order valence-electron chi connectivity index (χ0n) is 15.2. The first kappa shape index (κ1) is 23.5. The van der Waals surface area contributed by atoms with Gasteiger partial charge in [0.1, 0.15) is 4.83 Å². The number of hydrogen-bond acceptors (Lipinski definition) is 6. The van der Waals surface area contributed by atoms with Crippen LogP contribution in [-0.2, 0) is 6.42 Å². The number of thiazole rings is 1. The molecule has 0 aliphatic carbocycles. The minimum atomic E-state index is -0.0324. The number of halogens is 2. The van der Waals surface area contributed by atoms with E-state index >= 15 is 0 Å². The maximum Gasteiger partial charge on any atom is 0.261 e. The largest absolute Gasteiger partial charge is 0.399 e. The molecule has 5 nitrogen and oxygen atoms in total. The van der Waals surface area contributed by atoms with E-state index in [-0.39, 0.29) is 30.7 Å². The summed E-state index contributed by atoms with van der Waals surface area (Å²) >= 11 is 3.11. The lowest BCUT2D eigenvalue weighted by Crippen LogP contribution is -2.24. The van der Waals surface area contributed by atoms with Gasteiger partial charge in [-0.3, -0.25) is 4.79 Å². The number of anilines is 2. The Morgan fingerprint density at radius 2 is 1.81 bits per heavy atom. The quantitative estimate of drug-likeness (QED) is 0.520. The summed E-state index contributed by atoms with van der Waals surface area (Å²) in [5, 5.41) is 4.01. The summed E-state index contributed by atoms with van der Waals surface area (Å²) in [7, 11) is 0. The highest BCUT2D eigenvalue weighted by atomic mass is 35.5. The zero-order valence-corrected chi connectivity index (χ0v) is 18.5. The van der Waals surface area contributed by atoms with E-state index in [0.29, 0.717) is 6.54 Å². The van der Waals surface area contributed by atoms with Gasteiger partial charge in [-0.25, -0.2) is 4.98 Å². The summed E-state index contributed by atoms with van der Waals surface area (Å²) in [6.45, 7) is 6.73. The van der Waals surface area contributed by atoms with E-state index in [1.54, 1.807) is 11.3 Å². The minimum absolute atomic E-state index is 0. The third kappa shape index (κ3) is 5.72. The fraction of sp³-hybridized carbons (Fsp3) is 0.333. The molecular formula is C18H24Cl2N4OS2. The van der Waals surface area contributed by atoms with Crippen molar-refractivity contribution in [1.82, 2.24) is 10.3 Å². The average Bonchev–Trinajstić information content (AvgIpc) is 3.17. The van der Waals surface area contributed by atoms with Gasteiger partial charge >= 0.3 is 0 Å². The molecule has 0 saturated heterocycles. The van der Waals surface area contributed by atoms with Crippen molar-refractivity contribution in [3.8, 4) is 0 Å². The van der Waals surface area contributed by atoms with E-state index in [2.05, 4.69) is 29.0 Å². The molecular weight excluding hydrogens is 423 g/mol. The van der Waals surface area contributed by atoms with E-state index < -0.39 is 0 Å². The number of hydrogen-bond donors (Lipinski definition) is 2. The summed E-state index contributed by atoms with van der Waals surface area (Å²) in [4.78, 5) is 20.9. The Balaban J connectivity index is 0.00000182. The fourth-order valence-corrected chi connectivity index (χ4v) is 4.81. The molecule has 0 atom stereocenters. The topological polar surface area (TPSA) is 71.2 Å². The number of benzene rings is 1. The predicted molar refractivity (Wildman–Crippen MR) is 122 cm³/mol. The number of aromatic nitrogens is 1. The van der Waals surface area contributed by atoms with Crippen LogP contribution in [0.15, 0.2) is 30.3 Å². The first-order chi connectivity index (χ1) is 12.1. The first-order valence-corrected chi connectivity index (χ1v) is 10.0. The summed E-state index contributed by atoms with van der Waals surface area (Å²) in [5.41, 5.74) is 7.59. The molecule has 3 aromatic rings. The minimum Gasteiger partial charge on any atom is -0.399 e. The van der Waals surface area contributed by atoms with Gasteiger partial charge in [0.2, 0.25) is 0 Å². The zero-order chi connectivity index (χ0) is 17.8. The maximum absolute atomic E-state index is 12.3. The van der Waals surface area contributed by atoms with Crippen LogP contribution >= 0.6 is 47.5 Å². The number of thiophene rings is 1. The van der Waals surface area contributed by atoms with Crippen LogP contribution in [0.2, 0.25) is 0 Å². The number of rotatable bonds is 7. The molecule has 3 rings (SSSR count). The number of nitrogens with one attached hydrogen (secondary N) is 1. The molecule has 148 valence electrons. The molecule has 3 N–H and O–H groups in total. The number of carbonyl (C=O) groups is 1. The van der Waals surface area contributed by atoms with Gasteiger partial charge in [0.15, 0.2) is 5.13 Å². The third-order valence-electron chi connectivity index (χ3n) is 4.01. The predicted octanol–water partition coefficient (Wildman–Crippen LogP) is 4.60. The molecule has 0 aliphatic rings. The number of carbonyl (C=O) groups excluding carboxylic acids is 1. The van der Waals surface area contributed by atoms with Crippen LogP contribution in [0.3, 0.4) is 0 Å². The SMILES string of the molecule is CCN(CC)c1nc2sc(C(=O)NCCc3ccc(N)cc3)cc2s1.Cl.Cl. The van der Waals surface area contributed by atoms with Gasteiger partial charge in [-0.1, -0.05) is 23.5 Å². The Kier molecular flexibility index (Phi) is 9.32. The second-order valence-electron chi connectivity index (χ2n) is 5.70. The highest BCUT2D eigenvalue weighted by Gasteiger charge is 2.15. The van der Waals surface area contributed by atoms with Crippen molar-refractivity contribution in [2.24, 2.45) is 0 Å². The number of nitrogen functional groups attached to an aromatic ring is 1. The lowest BCUT2D eigenvalue weighted by atomic mass is 10.1. The van der Waals surface area contributed by atoms with Crippen LogP contribution in [0.4, 0.5) is 10.8 Å². The summed E-state index contributed by atoms with van der Waals surface area (Å²) in [6, 6.07) is 9.68. The van der Waals surface area contributed by atoms with Crippen LogP contribution < -0.4 is 16.0 Å². The second-order valence-corrected chi connectivity index (χ2v) is 7.74. The van der Waals surface area contributed by atoms with E-state index in [1.165, 1.54) is 11.3 Å². The Morgan fingerprint density at radius 1 is 1.15 bits per heavy atom. The molecule has 0 radical (unpaired) electrons. The Labute approximate surface area is 179 Å². The number of amides is 1. The van der Waals surface area contributed by atoms with Gasteiger partial charge < -0.3 is 16.0 Å². The van der Waals surface area contributed by atoms with Gasteiger partial charge in [0, 0.05) is 25.3 Å². The van der Waals surface area contributed by atoms with Crippen molar-refractivity contribution in [3.63, 3.8) is 0 Å². The van der Waals surface area contributed by atoms with E-state index in [9.17, 15) is 4.79 Å². The number of nitrogens with zero attached hydrogens (tertiary/aromatic N) is 2. The summed E-state index contributed by atoms with van der Waals surface area (Å²) < 4.78 is 1.08. The molecule has 2 heterocycles. The molecule has 9 heteroatoms. The van der Waals surface area contributed by atoms with Gasteiger partial charge in [-0.15, -0.1) is 36.2 Å². The molecule has 2 aromatic heterocycles. The van der Waals surface area contributed by atoms with Crippen molar-refractivity contribution >= 4 is 73.7 Å². The van der Waals surface area contributed by atoms with E-state index in [1.807, 2.05) is 30.3 Å². The van der Waals surface area contributed by atoms with Gasteiger partial charge in [-0.2, -0.15) is 0 Å². The molecule has 0 bridgehead atoms. The van der Waals surface area contributed by atoms with Gasteiger partial charge in [0.25, 0.3) is 5.91 Å². The summed E-state index contributed by atoms with van der Waals surface area (Å²) in [6.07, 6.45) is 0.788.